The van der Waals surface area contributed by atoms with Crippen LogP contribution in [-0.2, 0) is 13.1 Å². The summed E-state index contributed by atoms with van der Waals surface area (Å²) in [5.74, 6) is -0.0429. The highest BCUT2D eigenvalue weighted by atomic mass is 35.5. The van der Waals surface area contributed by atoms with Gasteiger partial charge in [0.1, 0.15) is 0 Å². The van der Waals surface area contributed by atoms with Crippen LogP contribution in [0.5, 0.6) is 0 Å². The molecule has 0 aliphatic carbocycles. The van der Waals surface area contributed by atoms with Crippen LogP contribution in [-0.4, -0.2) is 21.4 Å². The van der Waals surface area contributed by atoms with Gasteiger partial charge in [-0.15, -0.1) is 0 Å². The summed E-state index contributed by atoms with van der Waals surface area (Å²) in [6, 6.07) is 19.9. The van der Waals surface area contributed by atoms with Crippen molar-refractivity contribution in [1.82, 2.24) is 9.47 Å². The first-order chi connectivity index (χ1) is 13.0. The van der Waals surface area contributed by atoms with Gasteiger partial charge in [-0.3, -0.25) is 4.79 Å². The average molecular weight is 381 g/mol. The molecule has 0 atom stereocenters. The molecule has 0 unspecified atom stereocenters. The lowest BCUT2D eigenvalue weighted by Gasteiger charge is -2.28. The number of rotatable bonds is 6. The highest BCUT2D eigenvalue weighted by Crippen LogP contribution is 2.20. The van der Waals surface area contributed by atoms with Gasteiger partial charge >= 0.3 is 0 Å². The van der Waals surface area contributed by atoms with Crippen molar-refractivity contribution < 1.29 is 4.79 Å². The van der Waals surface area contributed by atoms with Crippen molar-refractivity contribution in [3.63, 3.8) is 0 Å². The van der Waals surface area contributed by atoms with Crippen LogP contribution in [0.3, 0.4) is 0 Å². The topological polar surface area (TPSA) is 25.2 Å². The van der Waals surface area contributed by atoms with Gasteiger partial charge in [-0.1, -0.05) is 53.6 Å². The minimum atomic E-state index is -0.0429. The van der Waals surface area contributed by atoms with Crippen molar-refractivity contribution >= 4 is 17.5 Å². The molecule has 140 valence electrons. The first-order valence-electron chi connectivity index (χ1n) is 9.21. The van der Waals surface area contributed by atoms with Gasteiger partial charge in [0.25, 0.3) is 5.91 Å². The molecule has 4 heteroatoms. The molecule has 1 heterocycles. The van der Waals surface area contributed by atoms with Crippen molar-refractivity contribution in [2.45, 2.75) is 39.9 Å². The van der Waals surface area contributed by atoms with Gasteiger partial charge in [-0.2, -0.15) is 0 Å². The number of aromatic nitrogens is 1. The molecule has 3 rings (SSSR count). The Morgan fingerprint density at radius 1 is 1.04 bits per heavy atom. The molecule has 0 spiro atoms. The van der Waals surface area contributed by atoms with Crippen molar-refractivity contribution in [1.29, 1.82) is 0 Å². The summed E-state index contributed by atoms with van der Waals surface area (Å²) < 4.78 is 2.19. The fourth-order valence-electron chi connectivity index (χ4n) is 3.09. The predicted molar refractivity (Wildman–Crippen MR) is 111 cm³/mol. The van der Waals surface area contributed by atoms with Gasteiger partial charge in [0, 0.05) is 24.5 Å². The highest BCUT2D eigenvalue weighted by Gasteiger charge is 2.22. The second-order valence-corrected chi connectivity index (χ2v) is 7.53. The lowest BCUT2D eigenvalue weighted by atomic mass is 10.1. The van der Waals surface area contributed by atoms with E-state index in [4.69, 9.17) is 11.6 Å². The fourth-order valence-corrected chi connectivity index (χ4v) is 3.31. The summed E-state index contributed by atoms with van der Waals surface area (Å²) in [6.07, 6.45) is 2.06. The SMILES string of the molecule is Cc1ccc(Cn2cccc2CN(C(=O)c2ccccc2Cl)C(C)C)cc1. The molecular weight excluding hydrogens is 356 g/mol. The van der Waals surface area contributed by atoms with Crippen LogP contribution in [0.2, 0.25) is 5.02 Å². The van der Waals surface area contributed by atoms with Crippen LogP contribution in [0.4, 0.5) is 0 Å². The quantitative estimate of drug-likeness (QED) is 0.550. The molecule has 27 heavy (non-hydrogen) atoms. The molecule has 0 fully saturated rings. The molecule has 0 aliphatic heterocycles. The Bertz CT molecular complexity index is 912. The number of carbonyl (C=O) groups excluding carboxylic acids is 1. The second-order valence-electron chi connectivity index (χ2n) is 7.12. The molecule has 1 aromatic heterocycles. The third-order valence-corrected chi connectivity index (χ3v) is 5.05. The maximum absolute atomic E-state index is 13.1. The average Bonchev–Trinajstić information content (AvgIpc) is 3.08. The molecule has 0 saturated carbocycles. The first-order valence-corrected chi connectivity index (χ1v) is 9.58. The zero-order valence-corrected chi connectivity index (χ0v) is 16.8. The largest absolute Gasteiger partial charge is 0.345 e. The van der Waals surface area contributed by atoms with Crippen LogP contribution in [0, 0.1) is 6.92 Å². The lowest BCUT2D eigenvalue weighted by molar-refractivity contribution is 0.0686. The van der Waals surface area contributed by atoms with E-state index in [-0.39, 0.29) is 11.9 Å². The number of nitrogens with zero attached hydrogens (tertiary/aromatic N) is 2. The van der Waals surface area contributed by atoms with Crippen LogP contribution < -0.4 is 0 Å². The molecule has 0 N–H and O–H groups in total. The Labute approximate surface area is 166 Å². The Morgan fingerprint density at radius 3 is 2.41 bits per heavy atom. The van der Waals surface area contributed by atoms with E-state index in [9.17, 15) is 4.79 Å². The van der Waals surface area contributed by atoms with Crippen molar-refractivity contribution in [2.75, 3.05) is 0 Å². The smallest absolute Gasteiger partial charge is 0.255 e. The Hall–Kier alpha value is -2.52. The maximum atomic E-state index is 13.1. The molecule has 0 saturated heterocycles. The summed E-state index contributed by atoms with van der Waals surface area (Å²) in [5, 5.41) is 0.489. The zero-order chi connectivity index (χ0) is 19.4. The molecule has 3 aromatic rings. The van der Waals surface area contributed by atoms with Crippen molar-refractivity contribution in [2.24, 2.45) is 0 Å². The monoisotopic (exact) mass is 380 g/mol. The van der Waals surface area contributed by atoms with E-state index in [0.29, 0.717) is 17.1 Å². The minimum Gasteiger partial charge on any atom is -0.345 e. The summed E-state index contributed by atoms with van der Waals surface area (Å²) in [6.45, 7) is 7.48. The number of hydrogen-bond acceptors (Lipinski definition) is 1. The second kappa shape index (κ2) is 8.45. The molecular formula is C23H25ClN2O. The number of benzene rings is 2. The summed E-state index contributed by atoms with van der Waals surface area (Å²) >= 11 is 6.25. The molecule has 3 nitrogen and oxygen atoms in total. The van der Waals surface area contributed by atoms with Gasteiger partial charge in [0.05, 0.1) is 17.1 Å². The predicted octanol–water partition coefficient (Wildman–Crippen LogP) is 5.55. The normalized spacial score (nSPS) is 11.0. The third-order valence-electron chi connectivity index (χ3n) is 4.72. The Balaban J connectivity index is 1.82. The molecule has 0 radical (unpaired) electrons. The number of carbonyl (C=O) groups is 1. The number of amides is 1. The number of hydrogen-bond donors (Lipinski definition) is 0. The van der Waals surface area contributed by atoms with E-state index in [2.05, 4.69) is 48.0 Å². The van der Waals surface area contributed by atoms with E-state index in [1.165, 1.54) is 11.1 Å². The van der Waals surface area contributed by atoms with Gasteiger partial charge in [0.2, 0.25) is 0 Å². The Kier molecular flexibility index (Phi) is 6.02. The van der Waals surface area contributed by atoms with Gasteiger partial charge < -0.3 is 9.47 Å². The van der Waals surface area contributed by atoms with E-state index in [1.54, 1.807) is 12.1 Å². The standard InChI is InChI=1S/C23H25ClN2O/c1-17(2)26(23(27)21-8-4-5-9-22(21)24)16-20-7-6-14-25(20)15-19-12-10-18(3)11-13-19/h4-14,17H,15-16H2,1-3H3. The lowest BCUT2D eigenvalue weighted by Crippen LogP contribution is -2.37. The van der Waals surface area contributed by atoms with E-state index < -0.39 is 0 Å². The third kappa shape index (κ3) is 4.61. The molecule has 2 aromatic carbocycles. The van der Waals surface area contributed by atoms with Crippen LogP contribution in [0.1, 0.15) is 41.0 Å². The summed E-state index contributed by atoms with van der Waals surface area (Å²) in [5.41, 5.74) is 4.14. The molecule has 1 amide bonds. The van der Waals surface area contributed by atoms with E-state index in [0.717, 1.165) is 12.2 Å². The van der Waals surface area contributed by atoms with Crippen LogP contribution in [0.25, 0.3) is 0 Å². The van der Waals surface area contributed by atoms with Crippen molar-refractivity contribution in [3.05, 3.63) is 94.3 Å². The fraction of sp³-hybridized carbons (Fsp3) is 0.261. The molecule has 0 bridgehead atoms. The number of aryl methyl sites for hydroxylation is 1. The molecule has 0 aliphatic rings. The van der Waals surface area contributed by atoms with Gasteiger partial charge in [0.15, 0.2) is 0 Å². The maximum Gasteiger partial charge on any atom is 0.255 e. The highest BCUT2D eigenvalue weighted by molar-refractivity contribution is 6.33. The zero-order valence-electron chi connectivity index (χ0n) is 16.0. The van der Waals surface area contributed by atoms with Gasteiger partial charge in [-0.05, 0) is 50.6 Å². The first kappa shape index (κ1) is 19.2. The number of halogens is 1. The summed E-state index contributed by atoms with van der Waals surface area (Å²) in [4.78, 5) is 14.9. The minimum absolute atomic E-state index is 0.0429. The van der Waals surface area contributed by atoms with E-state index >= 15 is 0 Å². The van der Waals surface area contributed by atoms with Gasteiger partial charge in [-0.25, -0.2) is 0 Å². The summed E-state index contributed by atoms with van der Waals surface area (Å²) in [7, 11) is 0. The Morgan fingerprint density at radius 2 is 1.74 bits per heavy atom. The van der Waals surface area contributed by atoms with Crippen molar-refractivity contribution in [3.8, 4) is 0 Å². The van der Waals surface area contributed by atoms with E-state index in [1.807, 2.05) is 36.9 Å². The van der Waals surface area contributed by atoms with Crippen LogP contribution in [0.15, 0.2) is 66.9 Å². The van der Waals surface area contributed by atoms with Crippen LogP contribution >= 0.6 is 11.6 Å².